The molecule has 2 saturated heterocycles. The minimum atomic E-state index is -1.26. The Labute approximate surface area is 344 Å². The summed E-state index contributed by atoms with van der Waals surface area (Å²) in [4.78, 5) is 42.4. The molecule has 0 aliphatic carbocycles. The van der Waals surface area contributed by atoms with Crippen LogP contribution in [0, 0.1) is 0 Å². The monoisotopic (exact) mass is 864 g/mol. The van der Waals surface area contributed by atoms with Crippen molar-refractivity contribution in [2.45, 2.75) is 64.8 Å². The number of anilines is 2. The number of carboxylic acids is 4. The van der Waals surface area contributed by atoms with Crippen molar-refractivity contribution >= 4 is 59.0 Å². The number of β-amino-alcohol motifs (C(OH)–C–C–N with tert-alkyl or cyclic N) is 2. The number of rotatable bonds is 16. The molecule has 2 fully saturated rings. The largest absolute Gasteiger partial charge is 0.478 e. The van der Waals surface area contributed by atoms with Crippen LogP contribution in [0.25, 0.3) is 0 Å². The number of morpholine rings is 2. The summed E-state index contributed by atoms with van der Waals surface area (Å²) in [7, 11) is 0. The molecule has 2 aromatic rings. The van der Waals surface area contributed by atoms with E-state index in [1.54, 1.807) is 0 Å². The van der Waals surface area contributed by atoms with Gasteiger partial charge in [0.2, 0.25) is 11.6 Å². The van der Waals surface area contributed by atoms with E-state index in [0.717, 1.165) is 61.3 Å². The maximum atomic E-state index is 9.95. The van der Waals surface area contributed by atoms with Crippen LogP contribution in [0.3, 0.4) is 0 Å². The third-order valence-corrected chi connectivity index (χ3v) is 7.81. The van der Waals surface area contributed by atoms with E-state index in [9.17, 15) is 29.4 Å². The van der Waals surface area contributed by atoms with Gasteiger partial charge in [-0.25, -0.2) is 19.2 Å². The average molecular weight is 865 g/mol. The van der Waals surface area contributed by atoms with Crippen LogP contribution >= 0.6 is 23.5 Å². The molecule has 24 heteroatoms. The highest BCUT2D eigenvalue weighted by Gasteiger charge is 2.22. The maximum Gasteiger partial charge on any atom is 0.328 e. The fourth-order valence-electron chi connectivity index (χ4n) is 4.07. The molecule has 0 saturated carbocycles. The SMILES string of the molecule is CC(C)(C)NC[C@H](O)COc1nsnc1N1CCOCC1.CC(C)(C)NC[C@H](O)COc1nsnc1N1CCOCC1.O=C(O)/C=C\C(=O)O.O=C(O)/C=C\C(=O)O. The van der Waals surface area contributed by atoms with Crippen molar-refractivity contribution in [1.29, 1.82) is 0 Å². The first kappa shape index (κ1) is 51.5. The lowest BCUT2D eigenvalue weighted by Gasteiger charge is -2.27. The number of nitrogens with zero attached hydrogens (tertiary/aromatic N) is 6. The number of hydrogen-bond acceptors (Lipinski definition) is 20. The molecule has 22 nitrogen and oxygen atoms in total. The van der Waals surface area contributed by atoms with Crippen LogP contribution in [0.15, 0.2) is 24.3 Å². The molecule has 0 unspecified atom stereocenters. The molecule has 0 radical (unpaired) electrons. The van der Waals surface area contributed by atoms with E-state index < -0.39 is 36.1 Å². The fourth-order valence-corrected chi connectivity index (χ4v) is 5.11. The Morgan fingerprint density at radius 2 is 0.914 bits per heavy atom. The van der Waals surface area contributed by atoms with Gasteiger partial charge in [-0.1, -0.05) is 0 Å². The lowest BCUT2D eigenvalue weighted by molar-refractivity contribution is -0.134. The van der Waals surface area contributed by atoms with Gasteiger partial charge in [0.15, 0.2) is 0 Å². The minimum absolute atomic E-state index is 0.0257. The Morgan fingerprint density at radius 3 is 1.17 bits per heavy atom. The Balaban J connectivity index is 0.000000426. The molecule has 328 valence electrons. The van der Waals surface area contributed by atoms with Crippen LogP contribution in [0.1, 0.15) is 41.5 Å². The molecule has 4 rings (SSSR count). The smallest absolute Gasteiger partial charge is 0.328 e. The summed E-state index contributed by atoms with van der Waals surface area (Å²) in [5, 5.41) is 57.6. The molecule has 2 aromatic heterocycles. The first-order chi connectivity index (χ1) is 27.2. The molecule has 0 spiro atoms. The Bertz CT molecular complexity index is 1420. The number of carbonyl (C=O) groups is 4. The third-order valence-electron chi connectivity index (χ3n) is 6.80. The molecular formula is C34H56N8O14S2. The van der Waals surface area contributed by atoms with Gasteiger partial charge >= 0.3 is 23.9 Å². The Hall–Kier alpha value is -4.56. The first-order valence-electron chi connectivity index (χ1n) is 17.9. The van der Waals surface area contributed by atoms with Gasteiger partial charge in [-0.3, -0.25) is 0 Å². The highest BCUT2D eigenvalue weighted by Crippen LogP contribution is 2.27. The van der Waals surface area contributed by atoms with E-state index in [1.807, 2.05) is 0 Å². The number of aliphatic hydroxyl groups is 2. The van der Waals surface area contributed by atoms with Crippen molar-refractivity contribution in [1.82, 2.24) is 28.1 Å². The Morgan fingerprint density at radius 1 is 0.621 bits per heavy atom. The van der Waals surface area contributed by atoms with E-state index in [-0.39, 0.29) is 24.3 Å². The normalized spacial score (nSPS) is 15.5. The molecule has 4 heterocycles. The zero-order valence-electron chi connectivity index (χ0n) is 33.4. The van der Waals surface area contributed by atoms with E-state index in [2.05, 4.69) is 79.5 Å². The standard InChI is InChI=1S/2C13H24N4O3S.2C4H4O4/c2*1-13(2,3)14-8-10(18)9-20-12-11(15-21-16-12)17-4-6-19-7-5-17;2*5-3(6)1-2-4(7)8/h2*10,14,18H,4-9H2,1-3H3;2*1-2H,(H,5,6)(H,7,8)/b;;2*2-1-/t2*10-;;/m00../s1. The molecule has 0 bridgehead atoms. The average Bonchev–Trinajstić information content (AvgIpc) is 3.84. The second-order valence-electron chi connectivity index (χ2n) is 14.2. The second kappa shape index (κ2) is 27.2. The molecule has 0 amide bonds. The van der Waals surface area contributed by atoms with Gasteiger partial charge in [0.05, 0.1) is 49.9 Å². The molecule has 2 atom stereocenters. The van der Waals surface area contributed by atoms with Crippen molar-refractivity contribution < 1.29 is 68.8 Å². The zero-order valence-corrected chi connectivity index (χ0v) is 35.0. The number of aliphatic hydroxyl groups excluding tert-OH is 2. The van der Waals surface area contributed by atoms with Crippen molar-refractivity contribution in [2.75, 3.05) is 88.7 Å². The Kier molecular flexibility index (Phi) is 24.1. The van der Waals surface area contributed by atoms with Gasteiger partial charge in [-0.05, 0) is 41.5 Å². The molecule has 2 aliphatic rings. The van der Waals surface area contributed by atoms with Gasteiger partial charge < -0.3 is 70.0 Å². The van der Waals surface area contributed by atoms with Crippen molar-refractivity contribution in [3.05, 3.63) is 24.3 Å². The van der Waals surface area contributed by atoms with Crippen LogP contribution in [-0.2, 0) is 28.7 Å². The summed E-state index contributed by atoms with van der Waals surface area (Å²) in [6.07, 6.45) is 1.07. The first-order valence-corrected chi connectivity index (χ1v) is 19.3. The summed E-state index contributed by atoms with van der Waals surface area (Å²) in [6.45, 7) is 19.6. The van der Waals surface area contributed by atoms with Crippen molar-refractivity contribution in [2.24, 2.45) is 0 Å². The lowest BCUT2D eigenvalue weighted by Crippen LogP contribution is -2.42. The lowest BCUT2D eigenvalue weighted by atomic mass is 10.1. The summed E-state index contributed by atoms with van der Waals surface area (Å²) in [6, 6.07) is 0. The minimum Gasteiger partial charge on any atom is -0.478 e. The molecular weight excluding hydrogens is 809 g/mol. The van der Waals surface area contributed by atoms with Crippen molar-refractivity contribution in [3.8, 4) is 11.8 Å². The second-order valence-corrected chi connectivity index (χ2v) is 15.3. The van der Waals surface area contributed by atoms with Crippen molar-refractivity contribution in [3.63, 3.8) is 0 Å². The summed E-state index contributed by atoms with van der Waals surface area (Å²) in [5.74, 6) is -2.54. The number of nitrogens with one attached hydrogen (secondary N) is 2. The molecule has 2 aliphatic heterocycles. The molecule has 8 N–H and O–H groups in total. The summed E-state index contributed by atoms with van der Waals surface area (Å²) >= 11 is 2.25. The van der Waals surface area contributed by atoms with Crippen LogP contribution < -0.4 is 29.9 Å². The predicted molar refractivity (Wildman–Crippen MR) is 213 cm³/mol. The van der Waals surface area contributed by atoms with Crippen LogP contribution in [0.5, 0.6) is 11.8 Å². The topological polar surface area (TPSA) is 309 Å². The summed E-state index contributed by atoms with van der Waals surface area (Å²) < 4.78 is 38.8. The maximum absolute atomic E-state index is 9.95. The highest BCUT2D eigenvalue weighted by molar-refractivity contribution is 6.99. The number of carboxylic acid groups (broad SMARTS) is 4. The zero-order chi connectivity index (χ0) is 43.7. The van der Waals surface area contributed by atoms with Crippen LogP contribution in [-0.4, -0.2) is 174 Å². The van der Waals surface area contributed by atoms with Gasteiger partial charge in [0.1, 0.15) is 25.4 Å². The van der Waals surface area contributed by atoms with Gasteiger partial charge in [0.25, 0.3) is 11.8 Å². The fraction of sp³-hybridized carbons (Fsp3) is 0.647. The summed E-state index contributed by atoms with van der Waals surface area (Å²) in [5.41, 5.74) is -0.0513. The van der Waals surface area contributed by atoms with Gasteiger partial charge in [0, 0.05) is 74.7 Å². The molecule has 0 aromatic carbocycles. The molecule has 58 heavy (non-hydrogen) atoms. The van der Waals surface area contributed by atoms with E-state index in [4.69, 9.17) is 39.4 Å². The highest BCUT2D eigenvalue weighted by atomic mass is 32.1. The quantitative estimate of drug-likeness (QED) is 0.106. The predicted octanol–water partition coefficient (Wildman–Crippen LogP) is 0.429. The van der Waals surface area contributed by atoms with Crippen LogP contribution in [0.2, 0.25) is 0 Å². The number of hydrogen-bond donors (Lipinski definition) is 8. The number of ether oxygens (including phenoxy) is 4. The van der Waals surface area contributed by atoms with Crippen LogP contribution in [0.4, 0.5) is 11.6 Å². The number of aliphatic carboxylic acids is 4. The van der Waals surface area contributed by atoms with E-state index in [0.29, 0.717) is 75.6 Å². The van der Waals surface area contributed by atoms with Gasteiger partial charge in [-0.15, -0.1) is 8.75 Å². The van der Waals surface area contributed by atoms with E-state index in [1.165, 1.54) is 0 Å². The van der Waals surface area contributed by atoms with E-state index >= 15 is 0 Å². The number of aromatic nitrogens is 4. The third kappa shape index (κ3) is 25.6. The van der Waals surface area contributed by atoms with Gasteiger partial charge in [-0.2, -0.15) is 8.75 Å².